The molecule has 0 aliphatic carbocycles. The van der Waals surface area contributed by atoms with Crippen LogP contribution in [0.25, 0.3) is 0 Å². The van der Waals surface area contributed by atoms with Crippen LogP contribution in [0, 0.1) is 0 Å². The van der Waals surface area contributed by atoms with Gasteiger partial charge in [-0.05, 0) is 42.7 Å². The number of nitrogens with two attached hydrogens (primary N) is 1. The number of nitrogens with zero attached hydrogens (tertiary/aromatic N) is 2. The molecule has 8 nitrogen and oxygen atoms in total. The van der Waals surface area contributed by atoms with Gasteiger partial charge in [0.25, 0.3) is 5.91 Å². The summed E-state index contributed by atoms with van der Waals surface area (Å²) in [5.41, 5.74) is 7.89. The predicted molar refractivity (Wildman–Crippen MR) is 82.7 cm³/mol. The lowest BCUT2D eigenvalue weighted by Crippen LogP contribution is -2.39. The van der Waals surface area contributed by atoms with Gasteiger partial charge in [-0.1, -0.05) is 0 Å². The third-order valence-corrected chi connectivity index (χ3v) is 3.23. The third kappa shape index (κ3) is 5.10. The first kappa shape index (κ1) is 16.5. The third-order valence-electron chi connectivity index (χ3n) is 3.23. The summed E-state index contributed by atoms with van der Waals surface area (Å²) >= 11 is 0. The molecule has 0 radical (unpaired) electrons. The highest BCUT2D eigenvalue weighted by Gasteiger charge is 2.23. The van der Waals surface area contributed by atoms with Crippen molar-refractivity contribution >= 4 is 23.9 Å². The van der Waals surface area contributed by atoms with E-state index >= 15 is 0 Å². The molecule has 23 heavy (non-hydrogen) atoms. The second-order valence-corrected chi connectivity index (χ2v) is 5.02. The van der Waals surface area contributed by atoms with Crippen molar-refractivity contribution in [3.63, 3.8) is 0 Å². The van der Waals surface area contributed by atoms with Gasteiger partial charge in [-0.2, -0.15) is 5.10 Å². The Labute approximate surface area is 133 Å². The number of benzene rings is 1. The molecule has 1 aromatic carbocycles. The van der Waals surface area contributed by atoms with Crippen LogP contribution in [0.15, 0.2) is 29.4 Å². The van der Waals surface area contributed by atoms with Gasteiger partial charge in [-0.25, -0.2) is 5.43 Å². The highest BCUT2D eigenvalue weighted by Crippen LogP contribution is 2.10. The van der Waals surface area contributed by atoms with Gasteiger partial charge >= 0.3 is 11.8 Å². The van der Waals surface area contributed by atoms with Crippen molar-refractivity contribution in [2.75, 3.05) is 19.7 Å². The summed E-state index contributed by atoms with van der Waals surface area (Å²) in [5.74, 6) is -1.37. The van der Waals surface area contributed by atoms with Crippen LogP contribution in [0.5, 0.6) is 5.75 Å². The summed E-state index contributed by atoms with van der Waals surface area (Å²) < 4.78 is 5.11. The maximum absolute atomic E-state index is 11.7. The molecule has 3 N–H and O–H groups in total. The van der Waals surface area contributed by atoms with Gasteiger partial charge in [0, 0.05) is 13.1 Å². The summed E-state index contributed by atoms with van der Waals surface area (Å²) in [6.45, 7) is 1.04. The largest absolute Gasteiger partial charge is 0.484 e. The van der Waals surface area contributed by atoms with Gasteiger partial charge in [0.2, 0.25) is 0 Å². The standard InChI is InChI=1S/C15H18N4O4/c16-13(20)10-23-12-5-3-11(4-6-12)9-17-18-14(21)15(22)19-7-1-2-8-19/h3-6,9H,1-2,7-8,10H2,(H2,16,20)(H,18,21). The number of amides is 3. The van der Waals surface area contributed by atoms with Crippen molar-refractivity contribution in [2.45, 2.75) is 12.8 Å². The van der Waals surface area contributed by atoms with Gasteiger partial charge < -0.3 is 15.4 Å². The lowest BCUT2D eigenvalue weighted by Gasteiger charge is -2.12. The number of rotatable bonds is 5. The molecule has 122 valence electrons. The molecule has 0 atom stereocenters. The van der Waals surface area contributed by atoms with E-state index in [1.54, 1.807) is 24.3 Å². The minimum atomic E-state index is -0.746. The van der Waals surface area contributed by atoms with E-state index in [0.29, 0.717) is 24.4 Å². The van der Waals surface area contributed by atoms with E-state index in [1.165, 1.54) is 11.1 Å². The van der Waals surface area contributed by atoms with Crippen molar-refractivity contribution in [3.8, 4) is 5.75 Å². The Morgan fingerprint density at radius 3 is 2.48 bits per heavy atom. The first-order valence-electron chi connectivity index (χ1n) is 7.20. The average molecular weight is 318 g/mol. The van der Waals surface area contributed by atoms with Crippen LogP contribution in [-0.4, -0.2) is 48.5 Å². The van der Waals surface area contributed by atoms with Crippen molar-refractivity contribution in [1.29, 1.82) is 0 Å². The number of hydrogen-bond donors (Lipinski definition) is 2. The first-order chi connectivity index (χ1) is 11.1. The molecule has 0 bridgehead atoms. The van der Waals surface area contributed by atoms with Crippen molar-refractivity contribution < 1.29 is 19.1 Å². The number of likely N-dealkylation sites (tertiary alicyclic amines) is 1. The van der Waals surface area contributed by atoms with Crippen molar-refractivity contribution in [3.05, 3.63) is 29.8 Å². The molecule has 1 fully saturated rings. The predicted octanol–water partition coefficient (Wildman–Crippen LogP) is -0.377. The van der Waals surface area contributed by atoms with Crippen LogP contribution in [0.4, 0.5) is 0 Å². The molecule has 0 spiro atoms. The average Bonchev–Trinajstić information content (AvgIpc) is 3.07. The SMILES string of the molecule is NC(=O)COc1ccc(C=NNC(=O)C(=O)N2CCCC2)cc1. The van der Waals surface area contributed by atoms with E-state index in [0.717, 1.165) is 12.8 Å². The smallest absolute Gasteiger partial charge is 0.329 e. The highest BCUT2D eigenvalue weighted by molar-refractivity contribution is 6.35. The van der Waals surface area contributed by atoms with E-state index in [1.807, 2.05) is 0 Å². The lowest BCUT2D eigenvalue weighted by atomic mass is 10.2. The monoisotopic (exact) mass is 318 g/mol. The van der Waals surface area contributed by atoms with Crippen LogP contribution in [-0.2, 0) is 14.4 Å². The molecule has 1 heterocycles. The summed E-state index contributed by atoms with van der Waals surface area (Å²) in [5, 5.41) is 3.75. The second kappa shape index (κ2) is 7.92. The maximum Gasteiger partial charge on any atom is 0.329 e. The zero-order valence-electron chi connectivity index (χ0n) is 12.5. The summed E-state index contributed by atoms with van der Waals surface area (Å²) in [6, 6.07) is 6.66. The minimum Gasteiger partial charge on any atom is -0.484 e. The van der Waals surface area contributed by atoms with Crippen molar-refractivity contribution in [1.82, 2.24) is 10.3 Å². The fraction of sp³-hybridized carbons (Fsp3) is 0.333. The fourth-order valence-electron chi connectivity index (χ4n) is 2.08. The normalized spacial score (nSPS) is 14.0. The van der Waals surface area contributed by atoms with E-state index in [-0.39, 0.29) is 6.61 Å². The molecule has 1 aromatic rings. The molecular formula is C15H18N4O4. The lowest BCUT2D eigenvalue weighted by molar-refractivity contribution is -0.145. The first-order valence-corrected chi connectivity index (χ1v) is 7.20. The summed E-state index contributed by atoms with van der Waals surface area (Å²) in [7, 11) is 0. The number of primary amides is 1. The molecule has 0 aromatic heterocycles. The Kier molecular flexibility index (Phi) is 5.67. The Bertz CT molecular complexity index is 606. The van der Waals surface area contributed by atoms with Gasteiger partial charge in [0.15, 0.2) is 6.61 Å². The van der Waals surface area contributed by atoms with Gasteiger partial charge in [-0.15, -0.1) is 0 Å². The Hall–Kier alpha value is -2.90. The number of hydrazone groups is 1. The zero-order chi connectivity index (χ0) is 16.7. The van der Waals surface area contributed by atoms with Gasteiger partial charge in [0.05, 0.1) is 6.21 Å². The van der Waals surface area contributed by atoms with Crippen LogP contribution in [0.3, 0.4) is 0 Å². The van der Waals surface area contributed by atoms with E-state index in [9.17, 15) is 14.4 Å². The number of ether oxygens (including phenoxy) is 1. The molecule has 0 saturated carbocycles. The van der Waals surface area contributed by atoms with Crippen LogP contribution >= 0.6 is 0 Å². The van der Waals surface area contributed by atoms with E-state index in [4.69, 9.17) is 10.5 Å². The molecule has 1 aliphatic heterocycles. The van der Waals surface area contributed by atoms with Crippen LogP contribution < -0.4 is 15.9 Å². The zero-order valence-corrected chi connectivity index (χ0v) is 12.5. The van der Waals surface area contributed by atoms with Crippen molar-refractivity contribution in [2.24, 2.45) is 10.8 Å². The second-order valence-electron chi connectivity index (χ2n) is 5.02. The molecule has 8 heteroatoms. The topological polar surface area (TPSA) is 114 Å². The highest BCUT2D eigenvalue weighted by atomic mass is 16.5. The Balaban J connectivity index is 1.81. The molecule has 1 saturated heterocycles. The van der Waals surface area contributed by atoms with Gasteiger partial charge in [0.1, 0.15) is 5.75 Å². The molecule has 1 aliphatic rings. The number of nitrogens with one attached hydrogen (secondary N) is 1. The van der Waals surface area contributed by atoms with Crippen LogP contribution in [0.2, 0.25) is 0 Å². The van der Waals surface area contributed by atoms with Gasteiger partial charge in [-0.3, -0.25) is 14.4 Å². The maximum atomic E-state index is 11.7. The Morgan fingerprint density at radius 2 is 1.87 bits per heavy atom. The van der Waals surface area contributed by atoms with E-state index < -0.39 is 17.7 Å². The molecule has 3 amide bonds. The molecule has 0 unspecified atom stereocenters. The minimum absolute atomic E-state index is 0.192. The van der Waals surface area contributed by atoms with Crippen LogP contribution in [0.1, 0.15) is 18.4 Å². The molecular weight excluding hydrogens is 300 g/mol. The molecule has 2 rings (SSSR count). The summed E-state index contributed by atoms with van der Waals surface area (Å²) in [6.07, 6.45) is 3.26. The fourth-order valence-corrected chi connectivity index (χ4v) is 2.08. The quantitative estimate of drug-likeness (QED) is 0.437. The number of carbonyl (C=O) groups excluding carboxylic acids is 3. The van der Waals surface area contributed by atoms with E-state index in [2.05, 4.69) is 10.5 Å². The summed E-state index contributed by atoms with van der Waals surface area (Å²) in [4.78, 5) is 35.5. The number of hydrogen-bond acceptors (Lipinski definition) is 5. The number of carbonyl (C=O) groups is 3. The Morgan fingerprint density at radius 1 is 1.22 bits per heavy atom.